The van der Waals surface area contributed by atoms with Crippen LogP contribution in [0.5, 0.6) is 0 Å². The Kier molecular flexibility index (Phi) is 5.92. The van der Waals surface area contributed by atoms with Crippen molar-refractivity contribution < 1.29 is 8.98 Å². The maximum Gasteiger partial charge on any atom is 0.212 e. The second kappa shape index (κ2) is 10.8. The molecule has 4 heteroatoms. The molecular weight excluding hydrogens is 623 g/mol. The average Bonchev–Trinajstić information content (AvgIpc) is 3.85. The fourth-order valence-corrected chi connectivity index (χ4v) is 8.06. The molecule has 4 nitrogen and oxygen atoms in total. The molecule has 0 aliphatic rings. The fraction of sp³-hybridized carbons (Fsp3) is 0. The molecule has 0 bridgehead atoms. The maximum absolute atomic E-state index is 6.12. The van der Waals surface area contributed by atoms with E-state index in [1.807, 2.05) is 12.1 Å². The smallest absolute Gasteiger partial charge is 0.212 e. The third-order valence-corrected chi connectivity index (χ3v) is 10.4. The minimum absolute atomic E-state index is 0.913. The minimum Gasteiger partial charge on any atom is -0.456 e. The summed E-state index contributed by atoms with van der Waals surface area (Å²) in [5.74, 6) is 0. The van der Waals surface area contributed by atoms with Crippen LogP contribution in [-0.4, -0.2) is 9.13 Å². The lowest BCUT2D eigenvalue weighted by Crippen LogP contribution is -2.29. The van der Waals surface area contributed by atoms with Crippen molar-refractivity contribution in [3.63, 3.8) is 0 Å². The van der Waals surface area contributed by atoms with Crippen molar-refractivity contribution in [3.8, 4) is 28.2 Å². The van der Waals surface area contributed by atoms with E-state index in [2.05, 4.69) is 184 Å². The number of benzene rings is 7. The highest BCUT2D eigenvalue weighted by Crippen LogP contribution is 2.37. The van der Waals surface area contributed by atoms with Crippen LogP contribution in [0.25, 0.3) is 93.7 Å². The number of hydrogen-bond donors (Lipinski definition) is 0. The Balaban J connectivity index is 1.05. The molecule has 51 heavy (non-hydrogen) atoms. The fourth-order valence-electron chi connectivity index (χ4n) is 8.06. The monoisotopic (exact) mass is 652 g/mol. The summed E-state index contributed by atoms with van der Waals surface area (Å²) < 4.78 is 13.1. The molecule has 238 valence electrons. The third-order valence-electron chi connectivity index (χ3n) is 10.4. The Hall–Kier alpha value is -6.91. The first-order valence-corrected chi connectivity index (χ1v) is 17.3. The molecule has 0 atom stereocenters. The van der Waals surface area contributed by atoms with Gasteiger partial charge in [-0.2, -0.15) is 4.57 Å². The number of aromatic nitrogens is 3. The molecule has 0 aliphatic heterocycles. The van der Waals surface area contributed by atoms with Gasteiger partial charge in [0.2, 0.25) is 5.69 Å². The van der Waals surface area contributed by atoms with Gasteiger partial charge in [-0.1, -0.05) is 91.0 Å². The molecule has 4 heterocycles. The summed E-state index contributed by atoms with van der Waals surface area (Å²) in [6, 6.07) is 60.7. The van der Waals surface area contributed by atoms with E-state index in [1.54, 1.807) is 0 Å². The normalized spacial score (nSPS) is 11.9. The summed E-state index contributed by atoms with van der Waals surface area (Å²) in [7, 11) is 0. The lowest BCUT2D eigenvalue weighted by molar-refractivity contribution is -0.594. The predicted octanol–water partition coefficient (Wildman–Crippen LogP) is 11.7. The first kappa shape index (κ1) is 28.0. The zero-order valence-corrected chi connectivity index (χ0v) is 27.6. The summed E-state index contributed by atoms with van der Waals surface area (Å²) >= 11 is 0. The summed E-state index contributed by atoms with van der Waals surface area (Å²) in [5.41, 5.74) is 12.3. The van der Waals surface area contributed by atoms with E-state index in [0.717, 1.165) is 39.0 Å². The number of para-hydroxylation sites is 4. The maximum atomic E-state index is 6.12. The van der Waals surface area contributed by atoms with E-state index in [-0.39, 0.29) is 0 Å². The first-order chi connectivity index (χ1) is 25.3. The second-order valence-electron chi connectivity index (χ2n) is 13.3. The van der Waals surface area contributed by atoms with Gasteiger partial charge in [0.15, 0.2) is 12.4 Å². The summed E-state index contributed by atoms with van der Waals surface area (Å²) in [6.45, 7) is 0. The highest BCUT2D eigenvalue weighted by molar-refractivity contribution is 6.12. The van der Waals surface area contributed by atoms with E-state index < -0.39 is 0 Å². The highest BCUT2D eigenvalue weighted by atomic mass is 16.3. The highest BCUT2D eigenvalue weighted by Gasteiger charge is 2.19. The lowest BCUT2D eigenvalue weighted by atomic mass is 10.0. The number of furan rings is 1. The van der Waals surface area contributed by atoms with Gasteiger partial charge in [-0.3, -0.25) is 0 Å². The Morgan fingerprint density at radius 1 is 0.373 bits per heavy atom. The Bertz CT molecular complexity index is 3140. The van der Waals surface area contributed by atoms with Gasteiger partial charge in [-0.25, -0.2) is 0 Å². The Labute approximate surface area is 293 Å². The van der Waals surface area contributed by atoms with Crippen LogP contribution in [0, 0.1) is 0 Å². The van der Waals surface area contributed by atoms with Crippen LogP contribution in [0.2, 0.25) is 0 Å². The number of fused-ring (bicyclic) bond motifs is 9. The number of nitrogens with zero attached hydrogens (tertiary/aromatic N) is 3. The number of rotatable bonds is 4. The molecule has 0 radical (unpaired) electrons. The Morgan fingerprint density at radius 2 is 0.961 bits per heavy atom. The van der Waals surface area contributed by atoms with Crippen molar-refractivity contribution in [1.29, 1.82) is 0 Å². The zero-order chi connectivity index (χ0) is 33.5. The van der Waals surface area contributed by atoms with Gasteiger partial charge in [-0.15, -0.1) is 0 Å². The van der Waals surface area contributed by atoms with Crippen LogP contribution in [-0.2, 0) is 0 Å². The predicted molar refractivity (Wildman–Crippen MR) is 209 cm³/mol. The van der Waals surface area contributed by atoms with Gasteiger partial charge in [0, 0.05) is 50.8 Å². The SMILES string of the molecule is c1ccc(-n2c3ccccc3c3c[n+](-c4cccc(-n5c6ccccc6c6cc(-c7ccc8oc9ccccc9c8c7)ccc65)c4)ccc32)cc1. The van der Waals surface area contributed by atoms with Crippen LogP contribution in [0.1, 0.15) is 0 Å². The molecule has 0 unspecified atom stereocenters. The molecule has 0 fully saturated rings. The van der Waals surface area contributed by atoms with E-state index in [1.165, 1.54) is 54.7 Å². The average molecular weight is 653 g/mol. The second-order valence-corrected chi connectivity index (χ2v) is 13.3. The lowest BCUT2D eigenvalue weighted by Gasteiger charge is -2.09. The molecule has 7 aromatic carbocycles. The largest absolute Gasteiger partial charge is 0.456 e. The molecule has 4 aromatic heterocycles. The van der Waals surface area contributed by atoms with Crippen LogP contribution in [0.15, 0.2) is 187 Å². The van der Waals surface area contributed by atoms with Crippen LogP contribution >= 0.6 is 0 Å². The summed E-state index contributed by atoms with van der Waals surface area (Å²) in [4.78, 5) is 0. The molecule has 11 rings (SSSR count). The van der Waals surface area contributed by atoms with Crippen molar-refractivity contribution in [2.75, 3.05) is 0 Å². The molecular formula is C47H30N3O+. The van der Waals surface area contributed by atoms with E-state index >= 15 is 0 Å². The van der Waals surface area contributed by atoms with Crippen LogP contribution in [0.4, 0.5) is 0 Å². The van der Waals surface area contributed by atoms with Gasteiger partial charge in [0.1, 0.15) is 11.2 Å². The van der Waals surface area contributed by atoms with Crippen molar-refractivity contribution in [2.45, 2.75) is 0 Å². The van der Waals surface area contributed by atoms with Crippen LogP contribution in [0.3, 0.4) is 0 Å². The third kappa shape index (κ3) is 4.23. The summed E-state index contributed by atoms with van der Waals surface area (Å²) in [6.07, 6.45) is 4.45. The summed E-state index contributed by atoms with van der Waals surface area (Å²) in [5, 5.41) is 7.20. The first-order valence-electron chi connectivity index (χ1n) is 17.3. The molecule has 0 amide bonds. The van der Waals surface area contributed by atoms with Gasteiger partial charge in [0.05, 0.1) is 33.1 Å². The minimum atomic E-state index is 0.913. The van der Waals surface area contributed by atoms with Gasteiger partial charge >= 0.3 is 0 Å². The number of pyridine rings is 1. The standard InChI is InChI=1S/C47H30N3O/c1-2-11-33(12-3-1)49-43-19-8-5-16-37(43)41-30-48(26-25-45(41)49)34-13-10-14-35(29-34)50-42-18-7-4-15-36(42)39-27-31(21-23-44(39)50)32-22-24-47-40(28-32)38-17-6-9-20-46(38)51-47/h1-30H/q+1. The molecule has 0 spiro atoms. The van der Waals surface area contributed by atoms with Gasteiger partial charge in [0.25, 0.3) is 0 Å². The van der Waals surface area contributed by atoms with E-state index in [4.69, 9.17) is 4.42 Å². The van der Waals surface area contributed by atoms with Crippen LogP contribution < -0.4 is 4.57 Å². The van der Waals surface area contributed by atoms with Crippen molar-refractivity contribution in [2.24, 2.45) is 0 Å². The van der Waals surface area contributed by atoms with Crippen molar-refractivity contribution in [1.82, 2.24) is 9.13 Å². The van der Waals surface area contributed by atoms with Crippen molar-refractivity contribution >= 4 is 65.6 Å². The van der Waals surface area contributed by atoms with E-state index in [0.29, 0.717) is 0 Å². The molecule has 0 aliphatic carbocycles. The van der Waals surface area contributed by atoms with Gasteiger partial charge < -0.3 is 13.6 Å². The molecule has 0 saturated carbocycles. The molecule has 0 N–H and O–H groups in total. The van der Waals surface area contributed by atoms with Crippen molar-refractivity contribution in [3.05, 3.63) is 182 Å². The topological polar surface area (TPSA) is 26.9 Å². The molecule has 11 aromatic rings. The number of hydrogen-bond acceptors (Lipinski definition) is 1. The Morgan fingerprint density at radius 3 is 1.78 bits per heavy atom. The molecule has 0 saturated heterocycles. The van der Waals surface area contributed by atoms with E-state index in [9.17, 15) is 0 Å². The quantitative estimate of drug-likeness (QED) is 0.174. The van der Waals surface area contributed by atoms with Gasteiger partial charge in [-0.05, 0) is 71.8 Å². The zero-order valence-electron chi connectivity index (χ0n) is 27.6.